The topological polar surface area (TPSA) is 137 Å². The molecule has 0 bridgehead atoms. The van der Waals surface area contributed by atoms with Gasteiger partial charge in [0.1, 0.15) is 13.2 Å². The second kappa shape index (κ2) is 18.2. The Morgan fingerprint density at radius 1 is 0.556 bits per heavy atom. The molecule has 0 aromatic carbocycles. The number of hydrogen-bond donors (Lipinski definition) is 0. The summed E-state index contributed by atoms with van der Waals surface area (Å²) in [5.74, 6) is 0.317. The fourth-order valence-electron chi connectivity index (χ4n) is 3.32. The van der Waals surface area contributed by atoms with Gasteiger partial charge in [-0.2, -0.15) is 26.3 Å². The van der Waals surface area contributed by atoms with Crippen molar-refractivity contribution >= 4 is 0 Å². The van der Waals surface area contributed by atoms with Crippen molar-refractivity contribution in [1.82, 2.24) is 0 Å². The highest BCUT2D eigenvalue weighted by molar-refractivity contribution is 4.84. The van der Waals surface area contributed by atoms with E-state index in [9.17, 15) is 0 Å². The van der Waals surface area contributed by atoms with Crippen LogP contribution in [0, 0.1) is 74.4 Å². The Morgan fingerprint density at radius 2 is 1.04 bits per heavy atom. The Bertz CT molecular complexity index is 568. The average molecular weight is 369 g/mol. The van der Waals surface area contributed by atoms with Crippen molar-refractivity contribution < 1.29 is 9.47 Å². The molecule has 0 fully saturated rings. The van der Waals surface area contributed by atoms with Crippen LogP contribution in [0.3, 0.4) is 0 Å². The summed E-state index contributed by atoms with van der Waals surface area (Å²) in [6.07, 6.45) is 4.96. The summed E-state index contributed by atoms with van der Waals surface area (Å²) in [7, 11) is 0. The molecule has 7 heteroatoms. The van der Waals surface area contributed by atoms with E-state index < -0.39 is 0 Å². The van der Waals surface area contributed by atoms with Crippen LogP contribution in [0.5, 0.6) is 0 Å². The van der Waals surface area contributed by atoms with Gasteiger partial charge in [-0.25, -0.2) is 0 Å². The van der Waals surface area contributed by atoms with E-state index in [0.29, 0.717) is 38.9 Å². The highest BCUT2D eigenvalue weighted by Crippen LogP contribution is 2.34. The summed E-state index contributed by atoms with van der Waals surface area (Å²) in [5, 5.41) is 44.1. The lowest BCUT2D eigenvalue weighted by Gasteiger charge is -2.33. The van der Waals surface area contributed by atoms with Crippen LogP contribution >= 0.6 is 0 Å². The summed E-state index contributed by atoms with van der Waals surface area (Å²) in [5.41, 5.74) is 0. The van der Waals surface area contributed by atoms with Crippen LogP contribution in [0.4, 0.5) is 0 Å². The molecule has 0 aromatic rings. The molecule has 0 aromatic heterocycles. The van der Waals surface area contributed by atoms with E-state index in [0.717, 1.165) is 25.7 Å². The highest BCUT2D eigenvalue weighted by Gasteiger charge is 2.29. The molecule has 0 aliphatic carbocycles. The first-order valence-corrected chi connectivity index (χ1v) is 9.25. The van der Waals surface area contributed by atoms with Crippen molar-refractivity contribution in [2.45, 2.75) is 51.4 Å². The largest absolute Gasteiger partial charge is 0.366 e. The second-order valence-corrected chi connectivity index (χ2v) is 6.33. The van der Waals surface area contributed by atoms with Gasteiger partial charge in [-0.15, -0.1) is 0 Å². The van der Waals surface area contributed by atoms with Crippen molar-refractivity contribution in [3.8, 4) is 30.3 Å². The van der Waals surface area contributed by atoms with E-state index >= 15 is 0 Å². The number of hydrogen-bond acceptors (Lipinski definition) is 7. The van der Waals surface area contributed by atoms with Gasteiger partial charge in [0.05, 0.1) is 43.6 Å². The molecule has 0 aliphatic rings. The van der Waals surface area contributed by atoms with E-state index in [1.54, 1.807) is 0 Å². The molecular weight excluding hydrogens is 342 g/mol. The second-order valence-electron chi connectivity index (χ2n) is 6.33. The van der Waals surface area contributed by atoms with Gasteiger partial charge in [0.15, 0.2) is 0 Å². The average Bonchev–Trinajstić information content (AvgIpc) is 2.68. The smallest absolute Gasteiger partial charge is 0.133 e. The molecule has 3 unspecified atom stereocenters. The van der Waals surface area contributed by atoms with E-state index in [-0.39, 0.29) is 31.0 Å². The Labute approximate surface area is 162 Å². The zero-order valence-electron chi connectivity index (χ0n) is 15.8. The number of rotatable bonds is 16. The first-order chi connectivity index (χ1) is 13.2. The third-order valence-electron chi connectivity index (χ3n) is 4.52. The van der Waals surface area contributed by atoms with Gasteiger partial charge >= 0.3 is 0 Å². The molecule has 0 saturated carbocycles. The molecule has 7 nitrogen and oxygen atoms in total. The van der Waals surface area contributed by atoms with Crippen molar-refractivity contribution in [3.05, 3.63) is 0 Å². The predicted molar refractivity (Wildman–Crippen MR) is 97.1 cm³/mol. The quantitative estimate of drug-likeness (QED) is 0.379. The lowest BCUT2D eigenvalue weighted by atomic mass is 9.75. The Morgan fingerprint density at radius 3 is 1.52 bits per heavy atom. The summed E-state index contributed by atoms with van der Waals surface area (Å²) in [6.45, 7) is 0.780. The zero-order valence-corrected chi connectivity index (χ0v) is 15.8. The molecule has 0 rings (SSSR count). The molecule has 0 aliphatic heterocycles. The van der Waals surface area contributed by atoms with Gasteiger partial charge in [0.2, 0.25) is 0 Å². The Kier molecular flexibility index (Phi) is 16.4. The maximum Gasteiger partial charge on any atom is 0.133 e. The van der Waals surface area contributed by atoms with Crippen molar-refractivity contribution in [2.75, 3.05) is 26.4 Å². The van der Waals surface area contributed by atoms with Crippen LogP contribution in [-0.2, 0) is 9.47 Å². The van der Waals surface area contributed by atoms with E-state index in [1.165, 1.54) is 0 Å². The van der Waals surface area contributed by atoms with Crippen LogP contribution < -0.4 is 0 Å². The molecular formula is C20H27N5O2. The zero-order chi connectivity index (χ0) is 20.2. The van der Waals surface area contributed by atoms with Gasteiger partial charge in [0, 0.05) is 19.3 Å². The number of nitrogens with zero attached hydrogens (tertiary/aromatic N) is 5. The number of nitriles is 5. The molecule has 0 amide bonds. The van der Waals surface area contributed by atoms with Gasteiger partial charge in [-0.1, -0.05) is 0 Å². The molecule has 0 N–H and O–H groups in total. The molecule has 0 spiro atoms. The standard InChI is InChI=1S/C20H27N5O2/c21-9-3-1-6-18(16-26-14-12-24)20(8-2-4-10-22)19(7-5-11-23)17-27-15-13-25/h18-20H,1-8,14-17H2. The first-order valence-electron chi connectivity index (χ1n) is 9.25. The molecule has 27 heavy (non-hydrogen) atoms. The summed E-state index contributed by atoms with van der Waals surface area (Å²) >= 11 is 0. The van der Waals surface area contributed by atoms with Gasteiger partial charge in [-0.3, -0.25) is 0 Å². The van der Waals surface area contributed by atoms with Crippen LogP contribution in [0.2, 0.25) is 0 Å². The maximum absolute atomic E-state index is 8.98. The minimum Gasteiger partial charge on any atom is -0.366 e. The lowest BCUT2D eigenvalue weighted by Crippen LogP contribution is -2.30. The summed E-state index contributed by atoms with van der Waals surface area (Å²) in [6, 6.07) is 10.4. The maximum atomic E-state index is 8.98. The van der Waals surface area contributed by atoms with Crippen molar-refractivity contribution in [3.63, 3.8) is 0 Å². The third kappa shape index (κ3) is 12.4. The lowest BCUT2D eigenvalue weighted by molar-refractivity contribution is 0.0308. The minimum absolute atomic E-state index is 0.00198. The van der Waals surface area contributed by atoms with E-state index in [1.807, 2.05) is 12.1 Å². The Balaban J connectivity index is 5.29. The van der Waals surface area contributed by atoms with E-state index in [4.69, 9.17) is 35.8 Å². The van der Waals surface area contributed by atoms with Gasteiger partial charge in [-0.05, 0) is 49.9 Å². The summed E-state index contributed by atoms with van der Waals surface area (Å²) in [4.78, 5) is 0. The highest BCUT2D eigenvalue weighted by atomic mass is 16.5. The number of ether oxygens (including phenoxy) is 2. The Hall–Kier alpha value is -2.63. The van der Waals surface area contributed by atoms with Crippen LogP contribution in [-0.4, -0.2) is 26.4 Å². The van der Waals surface area contributed by atoms with Crippen LogP contribution in [0.1, 0.15) is 51.4 Å². The van der Waals surface area contributed by atoms with Gasteiger partial charge in [0.25, 0.3) is 0 Å². The molecule has 0 radical (unpaired) electrons. The molecule has 3 atom stereocenters. The number of unbranched alkanes of at least 4 members (excludes halogenated alkanes) is 2. The normalized spacial score (nSPS) is 13.1. The summed E-state index contributed by atoms with van der Waals surface area (Å²) < 4.78 is 10.9. The fraction of sp³-hybridized carbons (Fsp3) is 0.750. The predicted octanol–water partition coefficient (Wildman–Crippen LogP) is 3.61. The fourth-order valence-corrected chi connectivity index (χ4v) is 3.32. The third-order valence-corrected chi connectivity index (χ3v) is 4.52. The SMILES string of the molecule is N#CCCCC(COCC#N)C(CCCC#N)C(CCC#N)COCC#N. The molecule has 144 valence electrons. The molecule has 0 saturated heterocycles. The van der Waals surface area contributed by atoms with Gasteiger partial charge < -0.3 is 9.47 Å². The first kappa shape index (κ1) is 24.4. The van der Waals surface area contributed by atoms with E-state index in [2.05, 4.69) is 18.2 Å². The van der Waals surface area contributed by atoms with Crippen LogP contribution in [0.25, 0.3) is 0 Å². The molecule has 0 heterocycles. The van der Waals surface area contributed by atoms with Crippen molar-refractivity contribution in [1.29, 1.82) is 26.3 Å². The minimum atomic E-state index is -0.00198. The van der Waals surface area contributed by atoms with Crippen LogP contribution in [0.15, 0.2) is 0 Å². The monoisotopic (exact) mass is 369 g/mol. The van der Waals surface area contributed by atoms with Crippen molar-refractivity contribution in [2.24, 2.45) is 17.8 Å².